The van der Waals surface area contributed by atoms with Crippen molar-refractivity contribution in [3.05, 3.63) is 40.6 Å². The number of piperazine rings is 1. The fourth-order valence-corrected chi connectivity index (χ4v) is 6.09. The van der Waals surface area contributed by atoms with Crippen LogP contribution < -0.4 is 10.2 Å². The van der Waals surface area contributed by atoms with Crippen molar-refractivity contribution in [3.8, 4) is 17.0 Å². The van der Waals surface area contributed by atoms with E-state index in [0.29, 0.717) is 27.6 Å². The van der Waals surface area contributed by atoms with Gasteiger partial charge in [0.25, 0.3) is 0 Å². The fraction of sp³-hybridized carbons (Fsp3) is 0.480. The molecule has 6 nitrogen and oxygen atoms in total. The highest BCUT2D eigenvalue weighted by Gasteiger charge is 2.48. The van der Waals surface area contributed by atoms with Crippen LogP contribution in [0.15, 0.2) is 18.3 Å². The minimum absolute atomic E-state index is 0.00538. The van der Waals surface area contributed by atoms with Crippen LogP contribution in [-0.4, -0.2) is 44.2 Å². The molecule has 8 heteroatoms. The van der Waals surface area contributed by atoms with Crippen LogP contribution >= 0.6 is 11.6 Å². The zero-order chi connectivity index (χ0) is 23.7. The number of phenols is 1. The van der Waals surface area contributed by atoms with Crippen LogP contribution in [0.4, 0.5) is 10.2 Å². The Hall–Kier alpha value is -2.51. The van der Waals surface area contributed by atoms with Gasteiger partial charge < -0.3 is 15.3 Å². The van der Waals surface area contributed by atoms with Crippen molar-refractivity contribution in [2.24, 2.45) is 0 Å². The van der Waals surface area contributed by atoms with Crippen LogP contribution in [0.2, 0.25) is 5.02 Å². The van der Waals surface area contributed by atoms with E-state index in [4.69, 9.17) is 16.6 Å². The summed E-state index contributed by atoms with van der Waals surface area (Å²) in [6.07, 6.45) is 3.84. The van der Waals surface area contributed by atoms with Crippen LogP contribution in [0, 0.1) is 12.7 Å². The van der Waals surface area contributed by atoms with Crippen LogP contribution in [0.1, 0.15) is 57.8 Å². The van der Waals surface area contributed by atoms with E-state index < -0.39 is 5.82 Å². The number of aryl methyl sites for hydroxylation is 1. The first-order chi connectivity index (χ1) is 15.5. The highest BCUT2D eigenvalue weighted by atomic mass is 35.5. The summed E-state index contributed by atoms with van der Waals surface area (Å²) in [6.45, 7) is 11.8. The summed E-state index contributed by atoms with van der Waals surface area (Å²) >= 11 is 6.41. The molecule has 3 aromatic rings. The molecule has 2 fully saturated rings. The Morgan fingerprint density at radius 2 is 1.82 bits per heavy atom. The summed E-state index contributed by atoms with van der Waals surface area (Å²) in [7, 11) is 0. The van der Waals surface area contributed by atoms with Gasteiger partial charge in [-0.05, 0) is 57.2 Å². The molecule has 1 aromatic carbocycles. The zero-order valence-electron chi connectivity index (χ0n) is 19.6. The lowest BCUT2D eigenvalue weighted by molar-refractivity contribution is 0.281. The Bertz CT molecular complexity index is 1260. The molecule has 5 rings (SSSR count). The topological polar surface area (TPSA) is 74.2 Å². The summed E-state index contributed by atoms with van der Waals surface area (Å²) in [4.78, 5) is 15.9. The van der Waals surface area contributed by atoms with E-state index in [9.17, 15) is 5.11 Å². The third-order valence-electron chi connectivity index (χ3n) is 6.93. The molecule has 0 saturated carbocycles. The predicted molar refractivity (Wildman–Crippen MR) is 130 cm³/mol. The molecule has 2 N–H and O–H groups in total. The normalized spacial score (nSPS) is 24.8. The average Bonchev–Trinajstić information content (AvgIpc) is 2.94. The molecular weight excluding hydrogens is 441 g/mol. The number of benzene rings is 1. The SMILES string of the molecule is Cc1nc(N2C[C@]3(C)CC[C@](C)(C2)N3)c2cnc(-c3cc(O)cc(Cl)c3C(C)C)c(F)c2n1. The molecule has 0 spiro atoms. The smallest absolute Gasteiger partial charge is 0.175 e. The van der Waals surface area contributed by atoms with Crippen LogP contribution in [0.5, 0.6) is 5.75 Å². The van der Waals surface area contributed by atoms with Gasteiger partial charge in [-0.3, -0.25) is 4.98 Å². The highest BCUT2D eigenvalue weighted by molar-refractivity contribution is 6.32. The van der Waals surface area contributed by atoms with Gasteiger partial charge in [-0.2, -0.15) is 0 Å². The number of anilines is 1. The Kier molecular flexibility index (Phi) is 5.07. The van der Waals surface area contributed by atoms with Crippen molar-refractivity contribution >= 4 is 28.3 Å². The van der Waals surface area contributed by atoms with Gasteiger partial charge >= 0.3 is 0 Å². The molecule has 2 aliphatic rings. The van der Waals surface area contributed by atoms with Gasteiger partial charge in [-0.15, -0.1) is 0 Å². The number of nitrogens with zero attached hydrogens (tertiary/aromatic N) is 4. The summed E-state index contributed by atoms with van der Waals surface area (Å²) in [5.41, 5.74) is 1.58. The van der Waals surface area contributed by atoms with Crippen LogP contribution in [0.3, 0.4) is 0 Å². The van der Waals surface area contributed by atoms with Gasteiger partial charge in [0, 0.05) is 41.0 Å². The number of phenolic OH excluding ortho intramolecular Hbond substituents is 1. The quantitative estimate of drug-likeness (QED) is 0.539. The third-order valence-corrected chi connectivity index (χ3v) is 7.25. The molecule has 0 amide bonds. The maximum atomic E-state index is 16.0. The molecule has 2 aliphatic heterocycles. The third kappa shape index (κ3) is 3.71. The van der Waals surface area contributed by atoms with Gasteiger partial charge in [-0.25, -0.2) is 14.4 Å². The van der Waals surface area contributed by atoms with Gasteiger partial charge in [0.2, 0.25) is 0 Å². The molecule has 174 valence electrons. The van der Waals surface area contributed by atoms with Crippen molar-refractivity contribution in [2.75, 3.05) is 18.0 Å². The number of halogens is 2. The second-order valence-electron chi connectivity index (χ2n) is 10.4. The van der Waals surface area contributed by atoms with Crippen molar-refractivity contribution in [3.63, 3.8) is 0 Å². The lowest BCUT2D eigenvalue weighted by Gasteiger charge is -2.44. The molecule has 2 atom stereocenters. The number of aromatic nitrogens is 3. The van der Waals surface area contributed by atoms with E-state index in [1.54, 1.807) is 13.1 Å². The first kappa shape index (κ1) is 22.3. The van der Waals surface area contributed by atoms with Crippen molar-refractivity contribution in [1.82, 2.24) is 20.3 Å². The maximum Gasteiger partial charge on any atom is 0.175 e. The molecule has 2 aromatic heterocycles. The monoisotopic (exact) mass is 469 g/mol. The number of aromatic hydroxyl groups is 1. The summed E-state index contributed by atoms with van der Waals surface area (Å²) in [5.74, 6) is 0.684. The van der Waals surface area contributed by atoms with E-state index in [1.807, 2.05) is 13.8 Å². The Morgan fingerprint density at radius 1 is 1.15 bits per heavy atom. The Balaban J connectivity index is 1.69. The molecule has 0 radical (unpaired) electrons. The number of hydrogen-bond donors (Lipinski definition) is 2. The first-order valence-electron chi connectivity index (χ1n) is 11.4. The second kappa shape index (κ2) is 7.50. The number of fused-ring (bicyclic) bond motifs is 3. The summed E-state index contributed by atoms with van der Waals surface area (Å²) in [6, 6.07) is 2.99. The lowest BCUT2D eigenvalue weighted by Crippen LogP contribution is -2.63. The largest absolute Gasteiger partial charge is 0.508 e. The molecule has 0 aliphatic carbocycles. The molecule has 2 bridgehead atoms. The van der Waals surface area contributed by atoms with Crippen LogP contribution in [-0.2, 0) is 0 Å². The van der Waals surface area contributed by atoms with E-state index in [0.717, 1.165) is 31.5 Å². The molecular formula is C25H29ClFN5O. The second-order valence-corrected chi connectivity index (χ2v) is 10.8. The lowest BCUT2D eigenvalue weighted by atomic mass is 9.94. The molecule has 4 heterocycles. The molecule has 0 unspecified atom stereocenters. The Morgan fingerprint density at radius 3 is 2.45 bits per heavy atom. The maximum absolute atomic E-state index is 16.0. The summed E-state index contributed by atoms with van der Waals surface area (Å²) in [5, 5.41) is 14.9. The van der Waals surface area contributed by atoms with Crippen molar-refractivity contribution < 1.29 is 9.50 Å². The minimum Gasteiger partial charge on any atom is -0.508 e. The summed E-state index contributed by atoms with van der Waals surface area (Å²) < 4.78 is 16.0. The first-order valence-corrected chi connectivity index (χ1v) is 11.8. The van der Waals surface area contributed by atoms with E-state index >= 15 is 4.39 Å². The number of hydrogen-bond acceptors (Lipinski definition) is 6. The predicted octanol–water partition coefficient (Wildman–Crippen LogP) is 5.34. The van der Waals surface area contributed by atoms with E-state index in [2.05, 4.69) is 34.0 Å². The van der Waals surface area contributed by atoms with Gasteiger partial charge in [0.05, 0.1) is 5.39 Å². The minimum atomic E-state index is -0.529. The standard InChI is InChI=1S/C25H29ClFN5O/c1-13(2)19-16(8-15(33)9-18(19)26)21-20(27)22-17(10-28-21)23(30-14(3)29-22)32-11-24(4)6-7-25(5,12-32)31-24/h8-10,13,31,33H,6-7,11-12H2,1-5H3/t24-,25+. The van der Waals surface area contributed by atoms with Crippen molar-refractivity contribution in [1.29, 1.82) is 0 Å². The van der Waals surface area contributed by atoms with Gasteiger partial charge in [-0.1, -0.05) is 25.4 Å². The number of pyridine rings is 1. The average molecular weight is 470 g/mol. The highest BCUT2D eigenvalue weighted by Crippen LogP contribution is 2.42. The van der Waals surface area contributed by atoms with E-state index in [1.165, 1.54) is 12.1 Å². The number of rotatable bonds is 3. The van der Waals surface area contributed by atoms with Crippen molar-refractivity contribution in [2.45, 2.75) is 64.5 Å². The van der Waals surface area contributed by atoms with E-state index in [-0.39, 0.29) is 34.0 Å². The zero-order valence-corrected chi connectivity index (χ0v) is 20.4. The Labute approximate surface area is 198 Å². The number of nitrogens with one attached hydrogen (secondary N) is 1. The van der Waals surface area contributed by atoms with Gasteiger partial charge in [0.15, 0.2) is 5.82 Å². The van der Waals surface area contributed by atoms with Crippen LogP contribution in [0.25, 0.3) is 22.2 Å². The van der Waals surface area contributed by atoms with Gasteiger partial charge in [0.1, 0.15) is 28.6 Å². The molecule has 2 saturated heterocycles. The fourth-order valence-electron chi connectivity index (χ4n) is 5.66. The molecule has 33 heavy (non-hydrogen) atoms.